The van der Waals surface area contributed by atoms with Crippen LogP contribution in [-0.2, 0) is 0 Å². The molecule has 0 aromatic heterocycles. The molecule has 3 heteroatoms. The van der Waals surface area contributed by atoms with Gasteiger partial charge in [0.25, 0.3) is 0 Å². The normalized spacial score (nSPS) is 12.7. The first-order valence-electron chi connectivity index (χ1n) is 5.18. The van der Waals surface area contributed by atoms with E-state index in [4.69, 9.17) is 5.11 Å². The summed E-state index contributed by atoms with van der Waals surface area (Å²) in [4.78, 5) is 1.64. The quantitative estimate of drug-likeness (QED) is 0.601. The van der Waals surface area contributed by atoms with Gasteiger partial charge >= 0.3 is 0 Å². The smallest absolute Gasteiger partial charge is 0.0819 e. The molecule has 0 heterocycles. The van der Waals surface area contributed by atoms with Crippen molar-refractivity contribution in [2.45, 2.75) is 33.6 Å². The van der Waals surface area contributed by atoms with Crippen LogP contribution in [-0.4, -0.2) is 36.8 Å². The van der Waals surface area contributed by atoms with Crippen molar-refractivity contribution in [2.75, 3.05) is 26.2 Å². The van der Waals surface area contributed by atoms with Crippen molar-refractivity contribution in [3.63, 3.8) is 0 Å². The van der Waals surface area contributed by atoms with E-state index in [9.17, 15) is 0 Å². The average molecular weight is 191 g/mol. The van der Waals surface area contributed by atoms with Crippen molar-refractivity contribution in [1.29, 1.82) is 0 Å². The number of aliphatic hydroxyl groups is 1. The van der Waals surface area contributed by atoms with Gasteiger partial charge in [0.15, 0.2) is 0 Å². The summed E-state index contributed by atoms with van der Waals surface area (Å²) in [5, 5.41) is 8.91. The highest BCUT2D eigenvalue weighted by molar-refractivity contribution is 4.45. The molecule has 3 N–H and O–H groups in total. The van der Waals surface area contributed by atoms with Gasteiger partial charge in [0, 0.05) is 5.92 Å². The zero-order chi connectivity index (χ0) is 9.40. The van der Waals surface area contributed by atoms with Gasteiger partial charge in [0.1, 0.15) is 0 Å². The maximum Gasteiger partial charge on any atom is 0.0819 e. The number of rotatable bonds is 7. The van der Waals surface area contributed by atoms with E-state index in [0.29, 0.717) is 12.5 Å². The fourth-order valence-corrected chi connectivity index (χ4v) is 1.59. The first-order valence-corrected chi connectivity index (χ1v) is 5.18. The fourth-order valence-electron chi connectivity index (χ4n) is 1.59. The van der Waals surface area contributed by atoms with Crippen LogP contribution in [0.1, 0.15) is 33.6 Å². The molecule has 1 atom stereocenters. The predicted molar refractivity (Wildman–Crippen MR) is 54.3 cm³/mol. The molecule has 0 aromatic rings. The van der Waals surface area contributed by atoms with Gasteiger partial charge in [-0.25, -0.2) is 0 Å². The molecule has 82 valence electrons. The minimum Gasteiger partial charge on any atom is -0.870 e. The number of nitrogens with one attached hydrogen (secondary N) is 1. The van der Waals surface area contributed by atoms with Gasteiger partial charge in [-0.1, -0.05) is 20.8 Å². The van der Waals surface area contributed by atoms with E-state index < -0.39 is 0 Å². The molecule has 0 aromatic carbocycles. The fraction of sp³-hybridized carbons (Fsp3) is 1.00. The number of hydrogen-bond acceptors (Lipinski definition) is 2. The molecule has 0 aliphatic carbocycles. The summed E-state index contributed by atoms with van der Waals surface area (Å²) in [5.74, 6) is 0.457. The molecule has 13 heavy (non-hydrogen) atoms. The van der Waals surface area contributed by atoms with Crippen molar-refractivity contribution >= 4 is 0 Å². The van der Waals surface area contributed by atoms with Crippen LogP contribution in [0.15, 0.2) is 0 Å². The highest BCUT2D eigenvalue weighted by Gasteiger charge is 2.10. The molecule has 0 spiro atoms. The summed E-state index contributed by atoms with van der Waals surface area (Å²) in [6.45, 7) is 10.5. The average Bonchev–Trinajstić information content (AvgIpc) is 2.05. The van der Waals surface area contributed by atoms with Crippen molar-refractivity contribution in [1.82, 2.24) is 0 Å². The third-order valence-electron chi connectivity index (χ3n) is 2.16. The molecule has 0 fully saturated rings. The molecule has 0 saturated carbocycles. The lowest BCUT2D eigenvalue weighted by Crippen LogP contribution is -3.12. The second-order valence-electron chi connectivity index (χ2n) is 3.74. The van der Waals surface area contributed by atoms with E-state index in [1.165, 1.54) is 25.9 Å². The molecule has 0 bridgehead atoms. The summed E-state index contributed by atoms with van der Waals surface area (Å²) in [6.07, 6.45) is 2.49. The van der Waals surface area contributed by atoms with Crippen LogP contribution < -0.4 is 4.90 Å². The molecular weight excluding hydrogens is 166 g/mol. The van der Waals surface area contributed by atoms with Crippen molar-refractivity contribution < 1.29 is 15.5 Å². The van der Waals surface area contributed by atoms with Gasteiger partial charge in [0.2, 0.25) is 0 Å². The zero-order valence-electron chi connectivity index (χ0n) is 9.21. The lowest BCUT2D eigenvalue weighted by atomic mass is 10.2. The van der Waals surface area contributed by atoms with Gasteiger partial charge in [-0.3, -0.25) is 0 Å². The molecule has 0 saturated heterocycles. The number of quaternary nitrogens is 1. The minimum absolute atomic E-state index is 0. The second-order valence-corrected chi connectivity index (χ2v) is 3.74. The summed E-state index contributed by atoms with van der Waals surface area (Å²) >= 11 is 0. The molecule has 1 unspecified atom stereocenters. The maximum atomic E-state index is 8.91. The minimum atomic E-state index is 0. The summed E-state index contributed by atoms with van der Waals surface area (Å²) < 4.78 is 0. The Morgan fingerprint density at radius 1 is 1.15 bits per heavy atom. The Morgan fingerprint density at radius 3 is 1.92 bits per heavy atom. The van der Waals surface area contributed by atoms with E-state index in [1.54, 1.807) is 4.90 Å². The Bertz CT molecular complexity index is 92.9. The first-order chi connectivity index (χ1) is 5.74. The van der Waals surface area contributed by atoms with Gasteiger partial charge in [-0.2, -0.15) is 0 Å². The third-order valence-corrected chi connectivity index (χ3v) is 2.16. The topological polar surface area (TPSA) is 54.7 Å². The maximum absolute atomic E-state index is 8.91. The zero-order valence-corrected chi connectivity index (χ0v) is 9.21. The standard InChI is InChI=1S/C10H23NO.H2O/c1-4-6-11(7-5-2)8-10(3)9-12;/h10,12H,4-9H2,1-3H3;1H2. The Balaban J connectivity index is 0. The highest BCUT2D eigenvalue weighted by atomic mass is 16.3. The summed E-state index contributed by atoms with van der Waals surface area (Å²) in [7, 11) is 0. The van der Waals surface area contributed by atoms with Gasteiger partial charge in [0.05, 0.1) is 26.2 Å². The van der Waals surface area contributed by atoms with E-state index >= 15 is 0 Å². The molecular formula is C10H25NO2. The summed E-state index contributed by atoms with van der Waals surface area (Å²) in [6, 6.07) is 0. The molecule has 3 nitrogen and oxygen atoms in total. The summed E-state index contributed by atoms with van der Waals surface area (Å²) in [5.41, 5.74) is 0. The highest BCUT2D eigenvalue weighted by Crippen LogP contribution is 1.86. The largest absolute Gasteiger partial charge is 0.870 e. The van der Waals surface area contributed by atoms with Crippen LogP contribution in [0.5, 0.6) is 0 Å². The van der Waals surface area contributed by atoms with Crippen LogP contribution in [0.25, 0.3) is 0 Å². The Labute approximate surface area is 82.1 Å². The van der Waals surface area contributed by atoms with Crippen LogP contribution in [0, 0.1) is 5.92 Å². The van der Waals surface area contributed by atoms with Crippen LogP contribution in [0.3, 0.4) is 0 Å². The molecule has 0 aliphatic rings. The van der Waals surface area contributed by atoms with Crippen molar-refractivity contribution in [3.8, 4) is 0 Å². The van der Waals surface area contributed by atoms with Crippen molar-refractivity contribution in [2.24, 2.45) is 5.92 Å². The SMILES string of the molecule is CCC[NH+](CCC)CC(C)CO.[OH-]. The lowest BCUT2D eigenvalue weighted by Gasteiger charge is -2.20. The van der Waals surface area contributed by atoms with Crippen LogP contribution >= 0.6 is 0 Å². The van der Waals surface area contributed by atoms with Crippen molar-refractivity contribution in [3.05, 3.63) is 0 Å². The van der Waals surface area contributed by atoms with Gasteiger partial charge in [-0.05, 0) is 12.8 Å². The predicted octanol–water partition coefficient (Wildman–Crippen LogP) is 0.143. The van der Waals surface area contributed by atoms with E-state index in [0.717, 1.165) is 6.54 Å². The lowest BCUT2D eigenvalue weighted by molar-refractivity contribution is -0.903. The third kappa shape index (κ3) is 8.22. The molecule has 0 radical (unpaired) electrons. The van der Waals surface area contributed by atoms with E-state index in [-0.39, 0.29) is 5.48 Å². The Morgan fingerprint density at radius 2 is 1.62 bits per heavy atom. The molecule has 0 aliphatic heterocycles. The molecule has 0 amide bonds. The van der Waals surface area contributed by atoms with Crippen LogP contribution in [0.4, 0.5) is 0 Å². The van der Waals surface area contributed by atoms with Gasteiger partial charge in [-0.15, -0.1) is 0 Å². The Kier molecular flexibility index (Phi) is 11.8. The van der Waals surface area contributed by atoms with E-state index in [1.807, 2.05) is 0 Å². The Hall–Kier alpha value is -0.120. The number of hydrogen-bond donors (Lipinski definition) is 2. The van der Waals surface area contributed by atoms with Crippen LogP contribution in [0.2, 0.25) is 0 Å². The first kappa shape index (κ1) is 15.4. The van der Waals surface area contributed by atoms with E-state index in [2.05, 4.69) is 20.8 Å². The van der Waals surface area contributed by atoms with Gasteiger partial charge < -0.3 is 15.5 Å². The number of aliphatic hydroxyl groups excluding tert-OH is 1. The monoisotopic (exact) mass is 191 g/mol. The second kappa shape index (κ2) is 9.96. The molecule has 0 rings (SSSR count).